The number of hydrogen-bond donors (Lipinski definition) is 4. The molecule has 8 nitrogen and oxygen atoms in total. The molecule has 0 fully saturated rings. The second kappa shape index (κ2) is 15.6. The van der Waals surface area contributed by atoms with Crippen LogP contribution >= 0.6 is 23.4 Å². The summed E-state index contributed by atoms with van der Waals surface area (Å²) in [7, 11) is 0. The molecule has 5 rings (SSSR count). The van der Waals surface area contributed by atoms with E-state index in [9.17, 15) is 24.3 Å². The van der Waals surface area contributed by atoms with E-state index in [1.807, 2.05) is 54.6 Å². The van der Waals surface area contributed by atoms with Crippen molar-refractivity contribution in [2.75, 3.05) is 16.4 Å². The average Bonchev–Trinajstić information content (AvgIpc) is 3.09. The number of hydrogen-bond acceptors (Lipinski definition) is 5. The number of anilines is 2. The number of carboxylic acid groups (broad SMARTS) is 1. The Morgan fingerprint density at radius 1 is 0.702 bits per heavy atom. The van der Waals surface area contributed by atoms with Crippen LogP contribution in [0.4, 0.5) is 11.4 Å². The summed E-state index contributed by atoms with van der Waals surface area (Å²) in [5.41, 5.74) is 4.01. The normalized spacial score (nSPS) is 11.0. The minimum Gasteiger partial charge on any atom is -0.478 e. The molecule has 0 radical (unpaired) electrons. The first-order chi connectivity index (χ1) is 22.7. The highest BCUT2D eigenvalue weighted by molar-refractivity contribution is 8.00. The van der Waals surface area contributed by atoms with Gasteiger partial charge in [0.2, 0.25) is 5.91 Å². The zero-order chi connectivity index (χ0) is 33.2. The molecule has 0 aliphatic heterocycles. The standard InChI is InChI=1S/C37H28ClN3O5S/c38-32-20-17-29(22-31(32)37(45)46)39-34(42)23-47-30-18-15-28(16-19-30)40-36(44)33(41-35(43)27-9-5-2-6-10-27)21-24-11-13-26(14-12-24)25-7-3-1-4-8-25/h1-22H,23H2,(H,39,42)(H,40,44)(H,41,43)(H,45,46)/b33-21-. The molecular weight excluding hydrogens is 634 g/mol. The van der Waals surface area contributed by atoms with Crippen LogP contribution in [0.3, 0.4) is 0 Å². The first kappa shape index (κ1) is 32.7. The summed E-state index contributed by atoms with van der Waals surface area (Å²) in [4.78, 5) is 51.0. The van der Waals surface area contributed by atoms with Crippen LogP contribution in [0.5, 0.6) is 0 Å². The van der Waals surface area contributed by atoms with Crippen molar-refractivity contribution in [2.45, 2.75) is 4.90 Å². The smallest absolute Gasteiger partial charge is 0.337 e. The van der Waals surface area contributed by atoms with Crippen molar-refractivity contribution in [3.8, 4) is 11.1 Å². The predicted molar refractivity (Wildman–Crippen MR) is 187 cm³/mol. The van der Waals surface area contributed by atoms with E-state index in [2.05, 4.69) is 16.0 Å². The van der Waals surface area contributed by atoms with Crippen molar-refractivity contribution < 1.29 is 24.3 Å². The van der Waals surface area contributed by atoms with Gasteiger partial charge >= 0.3 is 5.97 Å². The maximum Gasteiger partial charge on any atom is 0.337 e. The molecule has 5 aromatic carbocycles. The number of carboxylic acids is 1. The van der Waals surface area contributed by atoms with E-state index >= 15 is 0 Å². The molecule has 234 valence electrons. The molecule has 0 aliphatic carbocycles. The van der Waals surface area contributed by atoms with Crippen LogP contribution in [0.25, 0.3) is 17.2 Å². The molecule has 3 amide bonds. The third-order valence-corrected chi connectivity index (χ3v) is 8.16. The fraction of sp³-hybridized carbons (Fsp3) is 0.0270. The van der Waals surface area contributed by atoms with Gasteiger partial charge in [-0.15, -0.1) is 11.8 Å². The number of benzene rings is 5. The van der Waals surface area contributed by atoms with Gasteiger partial charge < -0.3 is 21.1 Å². The molecule has 4 N–H and O–H groups in total. The Morgan fingerprint density at radius 3 is 1.98 bits per heavy atom. The van der Waals surface area contributed by atoms with Gasteiger partial charge in [-0.3, -0.25) is 14.4 Å². The number of thioether (sulfide) groups is 1. The summed E-state index contributed by atoms with van der Waals surface area (Å²) in [6.07, 6.45) is 1.62. The second-order valence-electron chi connectivity index (χ2n) is 10.2. The number of carbonyl (C=O) groups excluding carboxylic acids is 3. The first-order valence-corrected chi connectivity index (χ1v) is 15.7. The quantitative estimate of drug-likeness (QED) is 0.0844. The average molecular weight is 662 g/mol. The maximum atomic E-state index is 13.4. The Morgan fingerprint density at radius 2 is 1.32 bits per heavy atom. The monoisotopic (exact) mass is 661 g/mol. The lowest BCUT2D eigenvalue weighted by molar-refractivity contribution is -0.114. The molecule has 0 aromatic heterocycles. The van der Waals surface area contributed by atoms with Crippen molar-refractivity contribution in [1.82, 2.24) is 5.32 Å². The number of halogens is 1. The Labute approximate surface area is 280 Å². The Balaban J connectivity index is 1.24. The highest BCUT2D eigenvalue weighted by Gasteiger charge is 2.16. The van der Waals surface area contributed by atoms with Gasteiger partial charge in [-0.25, -0.2) is 4.79 Å². The SMILES string of the molecule is O=C(CSc1ccc(NC(=O)/C(=C/c2ccc(-c3ccccc3)cc2)NC(=O)c2ccccc2)cc1)Nc1ccc(Cl)c(C(=O)O)c1. The number of carbonyl (C=O) groups is 4. The third kappa shape index (κ3) is 9.20. The lowest BCUT2D eigenvalue weighted by atomic mass is 10.0. The van der Waals surface area contributed by atoms with Gasteiger partial charge in [0.05, 0.1) is 16.3 Å². The van der Waals surface area contributed by atoms with Crippen LogP contribution in [0.1, 0.15) is 26.3 Å². The Bertz CT molecular complexity index is 1930. The molecule has 0 bridgehead atoms. The molecule has 0 saturated heterocycles. The third-order valence-electron chi connectivity index (χ3n) is 6.82. The highest BCUT2D eigenvalue weighted by atomic mass is 35.5. The van der Waals surface area contributed by atoms with Gasteiger partial charge in [0.1, 0.15) is 5.70 Å². The number of aromatic carboxylic acids is 1. The van der Waals surface area contributed by atoms with Crippen LogP contribution in [0.15, 0.2) is 138 Å². The van der Waals surface area contributed by atoms with Gasteiger partial charge in [0.25, 0.3) is 11.8 Å². The summed E-state index contributed by atoms with van der Waals surface area (Å²) in [5.74, 6) is -2.38. The molecule has 0 heterocycles. The molecule has 47 heavy (non-hydrogen) atoms. The van der Waals surface area contributed by atoms with Crippen molar-refractivity contribution in [3.05, 3.63) is 155 Å². The van der Waals surface area contributed by atoms with E-state index in [1.165, 1.54) is 30.0 Å². The largest absolute Gasteiger partial charge is 0.478 e. The molecular formula is C37H28ClN3O5S. The van der Waals surface area contributed by atoms with Gasteiger partial charge in [-0.1, -0.05) is 84.4 Å². The zero-order valence-electron chi connectivity index (χ0n) is 24.8. The number of amides is 3. The summed E-state index contributed by atoms with van der Waals surface area (Å²) in [6.45, 7) is 0. The summed E-state index contributed by atoms with van der Waals surface area (Å²) >= 11 is 7.16. The van der Waals surface area contributed by atoms with E-state index in [0.717, 1.165) is 21.6 Å². The second-order valence-corrected chi connectivity index (χ2v) is 11.6. The van der Waals surface area contributed by atoms with E-state index in [1.54, 1.807) is 60.7 Å². The Hall–Kier alpha value is -5.64. The van der Waals surface area contributed by atoms with Crippen LogP contribution in [0.2, 0.25) is 5.02 Å². The highest BCUT2D eigenvalue weighted by Crippen LogP contribution is 2.24. The summed E-state index contributed by atoms with van der Waals surface area (Å²) in [6, 6.07) is 37.4. The van der Waals surface area contributed by atoms with Gasteiger partial charge in [0, 0.05) is 21.8 Å². The van der Waals surface area contributed by atoms with E-state index in [-0.39, 0.29) is 27.9 Å². The van der Waals surface area contributed by atoms with Crippen molar-refractivity contribution in [1.29, 1.82) is 0 Å². The van der Waals surface area contributed by atoms with E-state index < -0.39 is 17.8 Å². The minimum absolute atomic E-state index is 0.0645. The summed E-state index contributed by atoms with van der Waals surface area (Å²) in [5, 5.41) is 17.6. The van der Waals surface area contributed by atoms with Gasteiger partial charge in [-0.05, 0) is 77.4 Å². The van der Waals surface area contributed by atoms with Gasteiger partial charge in [0.15, 0.2) is 0 Å². The maximum absolute atomic E-state index is 13.4. The Kier molecular flexibility index (Phi) is 10.9. The topological polar surface area (TPSA) is 125 Å². The minimum atomic E-state index is -1.19. The summed E-state index contributed by atoms with van der Waals surface area (Å²) < 4.78 is 0. The zero-order valence-corrected chi connectivity index (χ0v) is 26.3. The molecule has 0 atom stereocenters. The number of rotatable bonds is 11. The molecule has 0 saturated carbocycles. The molecule has 10 heteroatoms. The van der Waals surface area contributed by atoms with Crippen LogP contribution in [-0.2, 0) is 9.59 Å². The molecule has 0 aliphatic rings. The fourth-order valence-electron chi connectivity index (χ4n) is 4.46. The van der Waals surface area contributed by atoms with Crippen LogP contribution in [0, 0.1) is 0 Å². The lowest BCUT2D eigenvalue weighted by Crippen LogP contribution is -2.30. The van der Waals surface area contributed by atoms with Crippen molar-refractivity contribution in [2.24, 2.45) is 0 Å². The molecule has 5 aromatic rings. The number of nitrogens with one attached hydrogen (secondary N) is 3. The molecule has 0 unspecified atom stereocenters. The lowest BCUT2D eigenvalue weighted by Gasteiger charge is -2.12. The van der Waals surface area contributed by atoms with Gasteiger partial charge in [-0.2, -0.15) is 0 Å². The molecule has 0 spiro atoms. The van der Waals surface area contributed by atoms with Crippen LogP contribution in [-0.4, -0.2) is 34.6 Å². The van der Waals surface area contributed by atoms with E-state index in [4.69, 9.17) is 11.6 Å². The van der Waals surface area contributed by atoms with E-state index in [0.29, 0.717) is 16.9 Å². The predicted octanol–water partition coefficient (Wildman–Crippen LogP) is 7.85. The fourth-order valence-corrected chi connectivity index (χ4v) is 5.35. The van der Waals surface area contributed by atoms with Crippen molar-refractivity contribution >= 4 is 64.5 Å². The first-order valence-electron chi connectivity index (χ1n) is 14.4. The van der Waals surface area contributed by atoms with Crippen molar-refractivity contribution in [3.63, 3.8) is 0 Å². The van der Waals surface area contributed by atoms with Crippen LogP contribution < -0.4 is 16.0 Å².